The van der Waals surface area contributed by atoms with E-state index in [0.717, 1.165) is 6.26 Å². The molecule has 0 saturated heterocycles. The van der Waals surface area contributed by atoms with Crippen LogP contribution in [0.5, 0.6) is 0 Å². The molecule has 8 heteroatoms. The monoisotopic (exact) mass is 361 g/mol. The van der Waals surface area contributed by atoms with Crippen LogP contribution in [0.4, 0.5) is 0 Å². The van der Waals surface area contributed by atoms with Gasteiger partial charge in [-0.25, -0.2) is 13.2 Å². The normalized spacial score (nSPS) is 17.8. The fourth-order valence-corrected chi connectivity index (χ4v) is 4.16. The van der Waals surface area contributed by atoms with Crippen molar-refractivity contribution in [1.29, 1.82) is 5.26 Å². The third-order valence-corrected chi connectivity index (χ3v) is 5.12. The molecule has 0 amide bonds. The molecule has 0 saturated carbocycles. The van der Waals surface area contributed by atoms with Crippen molar-refractivity contribution in [3.05, 3.63) is 57.4 Å². The number of allylic oxidation sites excluding steroid dienone is 2. The van der Waals surface area contributed by atoms with Crippen LogP contribution in [0.2, 0.25) is 0 Å². The maximum absolute atomic E-state index is 12.4. The number of rotatable bonds is 4. The number of carbonyl (C=O) groups is 1. The van der Waals surface area contributed by atoms with Gasteiger partial charge in [0.15, 0.2) is 9.84 Å². The first kappa shape index (κ1) is 18.5. The van der Waals surface area contributed by atoms with Gasteiger partial charge >= 0.3 is 5.97 Å². The summed E-state index contributed by atoms with van der Waals surface area (Å²) in [6.45, 7) is 3.35. The number of dihydropyridines is 1. The van der Waals surface area contributed by atoms with Gasteiger partial charge in [-0.1, -0.05) is 12.1 Å². The molecular formula is C17H19N3O4S. The molecule has 0 radical (unpaired) electrons. The maximum atomic E-state index is 12.4. The topological polar surface area (TPSA) is 122 Å². The quantitative estimate of drug-likeness (QED) is 0.774. The lowest BCUT2D eigenvalue weighted by molar-refractivity contribution is -0.138. The number of nitrogens with zero attached hydrogens (tertiary/aromatic N) is 1. The summed E-state index contributed by atoms with van der Waals surface area (Å²) in [6.07, 6.45) is 1.07. The van der Waals surface area contributed by atoms with Crippen LogP contribution in [0, 0.1) is 11.3 Å². The molecule has 0 aromatic heterocycles. The summed E-state index contributed by atoms with van der Waals surface area (Å²) in [5, 5.41) is 11.9. The molecule has 1 aromatic rings. The molecular weight excluding hydrogens is 342 g/mol. The highest BCUT2D eigenvalue weighted by Gasteiger charge is 2.38. The lowest BCUT2D eigenvalue weighted by atomic mass is 9.87. The molecule has 3 N–H and O–H groups in total. The first-order valence-corrected chi connectivity index (χ1v) is 9.44. The van der Waals surface area contributed by atoms with Crippen LogP contribution in [-0.2, 0) is 19.4 Å². The fraction of sp³-hybridized carbons (Fsp3) is 0.294. The van der Waals surface area contributed by atoms with Gasteiger partial charge < -0.3 is 15.8 Å². The molecule has 1 aliphatic heterocycles. The van der Waals surface area contributed by atoms with Crippen LogP contribution in [0.15, 0.2) is 46.3 Å². The van der Waals surface area contributed by atoms with E-state index >= 15 is 0 Å². The summed E-state index contributed by atoms with van der Waals surface area (Å²) in [5.41, 5.74) is 7.16. The number of hydrogen-bond acceptors (Lipinski definition) is 7. The lowest BCUT2D eigenvalue weighted by Gasteiger charge is -2.30. The zero-order valence-electron chi connectivity index (χ0n) is 14.2. The van der Waals surface area contributed by atoms with E-state index in [1.807, 2.05) is 6.07 Å². The Morgan fingerprint density at radius 3 is 2.68 bits per heavy atom. The summed E-state index contributed by atoms with van der Waals surface area (Å²) in [4.78, 5) is 12.5. The largest absolute Gasteiger partial charge is 0.463 e. The Bertz CT molecular complexity index is 923. The molecule has 2 rings (SSSR count). The number of nitriles is 1. The van der Waals surface area contributed by atoms with Gasteiger partial charge in [0.2, 0.25) is 0 Å². The second kappa shape index (κ2) is 6.99. The van der Waals surface area contributed by atoms with Crippen molar-refractivity contribution < 1.29 is 17.9 Å². The van der Waals surface area contributed by atoms with E-state index in [1.165, 1.54) is 0 Å². The third kappa shape index (κ3) is 3.67. The van der Waals surface area contributed by atoms with Crippen molar-refractivity contribution in [2.24, 2.45) is 5.73 Å². The highest BCUT2D eigenvalue weighted by Crippen LogP contribution is 2.40. The third-order valence-electron chi connectivity index (χ3n) is 3.78. The Labute approximate surface area is 146 Å². The van der Waals surface area contributed by atoms with E-state index in [9.17, 15) is 13.2 Å². The standard InChI is InChI=1S/C17H19N3O4S/c1-4-24-17(21)14-13(12-7-5-6-11(8-12)9-18)15(25(3,22)23)10(2)20-16(14)19/h5-8,13,20H,4,19H2,1-3H3. The summed E-state index contributed by atoms with van der Waals surface area (Å²) >= 11 is 0. The van der Waals surface area contributed by atoms with Crippen LogP contribution in [0.25, 0.3) is 0 Å². The molecule has 1 aromatic carbocycles. The van der Waals surface area contributed by atoms with Gasteiger partial charge in [0.05, 0.1) is 34.6 Å². The number of esters is 1. The number of hydrogen-bond donors (Lipinski definition) is 2. The zero-order chi connectivity index (χ0) is 18.8. The molecule has 0 fully saturated rings. The van der Waals surface area contributed by atoms with Gasteiger partial charge in [-0.05, 0) is 31.5 Å². The fourth-order valence-electron chi connectivity index (χ4n) is 2.87. The molecule has 1 unspecified atom stereocenters. The molecule has 1 heterocycles. The van der Waals surface area contributed by atoms with Crippen LogP contribution >= 0.6 is 0 Å². The van der Waals surface area contributed by atoms with Crippen LogP contribution in [0.3, 0.4) is 0 Å². The molecule has 1 aliphatic rings. The van der Waals surface area contributed by atoms with Crippen molar-refractivity contribution >= 4 is 15.8 Å². The highest BCUT2D eigenvalue weighted by atomic mass is 32.2. The molecule has 25 heavy (non-hydrogen) atoms. The lowest BCUT2D eigenvalue weighted by Crippen LogP contribution is -2.35. The van der Waals surface area contributed by atoms with Gasteiger partial charge in [0, 0.05) is 12.0 Å². The first-order chi connectivity index (χ1) is 11.7. The van der Waals surface area contributed by atoms with E-state index in [1.54, 1.807) is 38.1 Å². The number of benzene rings is 1. The second-order valence-corrected chi connectivity index (χ2v) is 7.59. The van der Waals surface area contributed by atoms with Crippen molar-refractivity contribution in [2.45, 2.75) is 19.8 Å². The second-order valence-electron chi connectivity index (χ2n) is 5.60. The van der Waals surface area contributed by atoms with Crippen molar-refractivity contribution in [3.8, 4) is 6.07 Å². The van der Waals surface area contributed by atoms with Gasteiger partial charge in [0.1, 0.15) is 5.82 Å². The molecule has 0 bridgehead atoms. The Kier molecular flexibility index (Phi) is 5.18. The molecule has 0 aliphatic carbocycles. The molecule has 1 atom stereocenters. The first-order valence-electron chi connectivity index (χ1n) is 7.55. The van der Waals surface area contributed by atoms with Crippen LogP contribution in [-0.4, -0.2) is 27.2 Å². The minimum absolute atomic E-state index is 0.0166. The Morgan fingerprint density at radius 2 is 2.12 bits per heavy atom. The smallest absolute Gasteiger partial charge is 0.338 e. The van der Waals surface area contributed by atoms with E-state index in [4.69, 9.17) is 15.7 Å². The predicted octanol–water partition coefficient (Wildman–Crippen LogP) is 1.25. The summed E-state index contributed by atoms with van der Waals surface area (Å²) in [6, 6.07) is 8.43. The maximum Gasteiger partial charge on any atom is 0.338 e. The van der Waals surface area contributed by atoms with E-state index in [0.29, 0.717) is 16.8 Å². The van der Waals surface area contributed by atoms with Gasteiger partial charge in [-0.2, -0.15) is 5.26 Å². The summed E-state index contributed by atoms with van der Waals surface area (Å²) < 4.78 is 29.8. The summed E-state index contributed by atoms with van der Waals surface area (Å²) in [5.74, 6) is -1.60. The van der Waals surface area contributed by atoms with Crippen LogP contribution in [0.1, 0.15) is 30.9 Å². The van der Waals surface area contributed by atoms with E-state index < -0.39 is 21.7 Å². The Balaban J connectivity index is 2.76. The number of nitrogens with two attached hydrogens (primary N) is 1. The SMILES string of the molecule is CCOC(=O)C1=C(N)NC(C)=C(S(C)(=O)=O)C1c1cccc(C#N)c1. The van der Waals surface area contributed by atoms with Crippen molar-refractivity contribution in [2.75, 3.05) is 12.9 Å². The summed E-state index contributed by atoms with van der Waals surface area (Å²) in [7, 11) is -3.66. The van der Waals surface area contributed by atoms with Gasteiger partial charge in [-0.15, -0.1) is 0 Å². The number of ether oxygens (including phenoxy) is 1. The molecule has 7 nitrogen and oxygen atoms in total. The van der Waals surface area contributed by atoms with E-state index in [2.05, 4.69) is 5.32 Å². The number of sulfone groups is 1. The Morgan fingerprint density at radius 1 is 1.44 bits per heavy atom. The minimum atomic E-state index is -3.66. The van der Waals surface area contributed by atoms with Gasteiger partial charge in [-0.3, -0.25) is 0 Å². The van der Waals surface area contributed by atoms with Gasteiger partial charge in [0.25, 0.3) is 0 Å². The Hall–Kier alpha value is -2.79. The molecule has 0 spiro atoms. The van der Waals surface area contributed by atoms with E-state index in [-0.39, 0.29) is 22.9 Å². The average molecular weight is 361 g/mol. The van der Waals surface area contributed by atoms with Crippen molar-refractivity contribution in [1.82, 2.24) is 5.32 Å². The molecule has 132 valence electrons. The average Bonchev–Trinajstić information content (AvgIpc) is 2.53. The number of nitrogens with one attached hydrogen (secondary N) is 1. The number of carbonyl (C=O) groups excluding carboxylic acids is 1. The zero-order valence-corrected chi connectivity index (χ0v) is 15.0. The van der Waals surface area contributed by atoms with Crippen molar-refractivity contribution in [3.63, 3.8) is 0 Å². The van der Waals surface area contributed by atoms with Crippen LogP contribution < -0.4 is 11.1 Å². The highest BCUT2D eigenvalue weighted by molar-refractivity contribution is 7.94. The minimum Gasteiger partial charge on any atom is -0.463 e. The predicted molar refractivity (Wildman–Crippen MR) is 92.4 cm³/mol.